The van der Waals surface area contributed by atoms with Gasteiger partial charge in [0, 0.05) is 5.56 Å². The first kappa shape index (κ1) is 21.5. The molecule has 158 valence electrons. The zero-order valence-electron chi connectivity index (χ0n) is 16.5. The molecule has 1 fully saturated rings. The van der Waals surface area contributed by atoms with Crippen LogP contribution in [0.25, 0.3) is 5.76 Å². The minimum atomic E-state index is -0.792. The third-order valence-corrected chi connectivity index (χ3v) is 5.00. The first-order valence-corrected chi connectivity index (χ1v) is 9.58. The molecule has 0 saturated carbocycles. The number of benzene rings is 2. The maximum absolute atomic E-state index is 13.3. The van der Waals surface area contributed by atoms with Crippen molar-refractivity contribution in [3.05, 3.63) is 71.0 Å². The number of carbonyl (C=O) groups excluding carboxylic acids is 2. The van der Waals surface area contributed by atoms with Crippen molar-refractivity contribution in [3.63, 3.8) is 0 Å². The number of nitrogens with zero attached hydrogens (tertiary/aromatic N) is 1. The summed E-state index contributed by atoms with van der Waals surface area (Å²) in [4.78, 5) is 27.0. The molecule has 0 bridgehead atoms. The van der Waals surface area contributed by atoms with Crippen LogP contribution in [0.4, 0.5) is 4.39 Å². The maximum Gasteiger partial charge on any atom is 0.295 e. The topological polar surface area (TPSA) is 104 Å². The van der Waals surface area contributed by atoms with Gasteiger partial charge >= 0.3 is 0 Å². The van der Waals surface area contributed by atoms with Crippen LogP contribution in [0.15, 0.2) is 54.1 Å². The summed E-state index contributed by atoms with van der Waals surface area (Å²) in [5, 5.41) is 21.6. The van der Waals surface area contributed by atoms with Gasteiger partial charge in [-0.1, -0.05) is 12.1 Å². The van der Waals surface area contributed by atoms with E-state index in [2.05, 4.69) is 0 Å². The number of rotatable bonds is 8. The van der Waals surface area contributed by atoms with Crippen LogP contribution in [0.3, 0.4) is 0 Å². The Balaban J connectivity index is 2.05. The number of hydrogen-bond donors (Lipinski definition) is 3. The van der Waals surface area contributed by atoms with Crippen molar-refractivity contribution in [2.24, 2.45) is 0 Å². The molecule has 1 aliphatic heterocycles. The van der Waals surface area contributed by atoms with E-state index in [1.165, 1.54) is 36.3 Å². The van der Waals surface area contributed by atoms with Gasteiger partial charge in [-0.3, -0.25) is 9.59 Å². The standard InChI is InChI=1S/C22H23FN2O5/c1-30-17-8-4-14(5-9-17)19-18(20(27)15-2-6-16(23)7-3-15)21(28)22(29)25(19)12-10-24-11-13-26/h2-9,19,24,26-27H,10-13H2,1H3/p+1/t19-/m1/s1. The van der Waals surface area contributed by atoms with E-state index in [4.69, 9.17) is 9.84 Å². The van der Waals surface area contributed by atoms with Crippen LogP contribution in [0.1, 0.15) is 17.2 Å². The minimum Gasteiger partial charge on any atom is -0.507 e. The highest BCUT2D eigenvalue weighted by Gasteiger charge is 2.46. The van der Waals surface area contributed by atoms with Crippen molar-refractivity contribution < 1.29 is 34.2 Å². The molecular weight excluding hydrogens is 391 g/mol. The Hall–Kier alpha value is -3.23. The number of ether oxygens (including phenoxy) is 1. The molecule has 1 amide bonds. The van der Waals surface area contributed by atoms with Gasteiger partial charge in [0.05, 0.1) is 45.0 Å². The van der Waals surface area contributed by atoms with E-state index < -0.39 is 23.5 Å². The minimum absolute atomic E-state index is 0.00525. The van der Waals surface area contributed by atoms with Crippen molar-refractivity contribution in [1.29, 1.82) is 0 Å². The summed E-state index contributed by atoms with van der Waals surface area (Å²) in [6.45, 7) is 1.22. The number of ketones is 1. The normalized spacial score (nSPS) is 18.1. The second kappa shape index (κ2) is 9.51. The van der Waals surface area contributed by atoms with Crippen LogP contribution >= 0.6 is 0 Å². The number of amides is 1. The van der Waals surface area contributed by atoms with Gasteiger partial charge in [0.1, 0.15) is 17.3 Å². The molecule has 1 saturated heterocycles. The van der Waals surface area contributed by atoms with Crippen molar-refractivity contribution >= 4 is 17.4 Å². The summed E-state index contributed by atoms with van der Waals surface area (Å²) in [7, 11) is 1.53. The van der Waals surface area contributed by atoms with E-state index >= 15 is 0 Å². The first-order chi connectivity index (χ1) is 14.5. The van der Waals surface area contributed by atoms with E-state index in [0.717, 1.165) is 0 Å². The number of quaternary nitrogens is 1. The molecule has 1 atom stereocenters. The van der Waals surface area contributed by atoms with Crippen LogP contribution in [0.2, 0.25) is 0 Å². The quantitative estimate of drug-likeness (QED) is 0.256. The fourth-order valence-electron chi connectivity index (χ4n) is 3.47. The molecule has 8 heteroatoms. The fourth-order valence-corrected chi connectivity index (χ4v) is 3.47. The Morgan fingerprint density at radius 2 is 1.77 bits per heavy atom. The van der Waals surface area contributed by atoms with E-state index in [1.807, 2.05) is 5.32 Å². The predicted octanol–water partition coefficient (Wildman–Crippen LogP) is 0.812. The molecule has 3 rings (SSSR count). The summed E-state index contributed by atoms with van der Waals surface area (Å²) >= 11 is 0. The lowest BCUT2D eigenvalue weighted by Gasteiger charge is -2.24. The number of halogens is 1. The van der Waals surface area contributed by atoms with E-state index in [1.54, 1.807) is 24.3 Å². The molecule has 2 aromatic rings. The number of aliphatic hydroxyl groups excluding tert-OH is 2. The number of nitrogens with two attached hydrogens (primary N) is 1. The number of likely N-dealkylation sites (tertiary alicyclic amines) is 1. The van der Waals surface area contributed by atoms with Gasteiger partial charge in [-0.2, -0.15) is 0 Å². The smallest absolute Gasteiger partial charge is 0.295 e. The molecule has 1 aliphatic rings. The molecule has 0 spiro atoms. The number of Topliss-reactive ketones (excluding diaryl/α,β-unsaturated/α-hetero) is 1. The van der Waals surface area contributed by atoms with Crippen LogP contribution in [0.5, 0.6) is 5.75 Å². The average molecular weight is 415 g/mol. The molecule has 0 aliphatic carbocycles. The number of methoxy groups -OCH3 is 1. The highest BCUT2D eigenvalue weighted by Crippen LogP contribution is 2.39. The Kier molecular flexibility index (Phi) is 6.81. The summed E-state index contributed by atoms with van der Waals surface area (Å²) < 4.78 is 18.5. The second-order valence-corrected chi connectivity index (χ2v) is 6.86. The summed E-state index contributed by atoms with van der Waals surface area (Å²) in [6, 6.07) is 11.2. The van der Waals surface area contributed by atoms with Gasteiger partial charge in [0.15, 0.2) is 0 Å². The van der Waals surface area contributed by atoms with Crippen LogP contribution in [-0.4, -0.2) is 60.2 Å². The molecule has 2 aromatic carbocycles. The second-order valence-electron chi connectivity index (χ2n) is 6.86. The Labute approximate surface area is 173 Å². The molecule has 0 unspecified atom stereocenters. The predicted molar refractivity (Wildman–Crippen MR) is 107 cm³/mol. The van der Waals surface area contributed by atoms with Gasteiger partial charge in [-0.15, -0.1) is 0 Å². The Morgan fingerprint density at radius 1 is 1.10 bits per heavy atom. The lowest BCUT2D eigenvalue weighted by atomic mass is 9.95. The summed E-state index contributed by atoms with van der Waals surface area (Å²) in [5.41, 5.74) is 0.847. The number of aliphatic hydroxyl groups is 2. The van der Waals surface area contributed by atoms with Crippen molar-refractivity contribution in [2.75, 3.05) is 33.4 Å². The molecule has 30 heavy (non-hydrogen) atoms. The zero-order valence-corrected chi connectivity index (χ0v) is 16.5. The molecule has 0 radical (unpaired) electrons. The lowest BCUT2D eigenvalue weighted by molar-refractivity contribution is -0.655. The molecular formula is C22H24FN2O5+. The van der Waals surface area contributed by atoms with Crippen LogP contribution in [-0.2, 0) is 9.59 Å². The largest absolute Gasteiger partial charge is 0.507 e. The Morgan fingerprint density at radius 3 is 2.37 bits per heavy atom. The SMILES string of the molecule is COc1ccc([C@@H]2C(=C(O)c3ccc(F)cc3)C(=O)C(=O)N2CC[NH2+]CCO)cc1. The number of hydrogen-bond acceptors (Lipinski definition) is 5. The van der Waals surface area contributed by atoms with Crippen LogP contribution in [0, 0.1) is 5.82 Å². The average Bonchev–Trinajstić information content (AvgIpc) is 3.01. The van der Waals surface area contributed by atoms with Gasteiger partial charge in [-0.05, 0) is 42.0 Å². The van der Waals surface area contributed by atoms with E-state index in [9.17, 15) is 19.1 Å². The third kappa shape index (κ3) is 4.34. The Bertz CT molecular complexity index is 941. The van der Waals surface area contributed by atoms with Gasteiger partial charge in [0.2, 0.25) is 0 Å². The van der Waals surface area contributed by atoms with Gasteiger partial charge in [0.25, 0.3) is 11.7 Å². The van der Waals surface area contributed by atoms with Crippen molar-refractivity contribution in [3.8, 4) is 5.75 Å². The first-order valence-electron chi connectivity index (χ1n) is 9.58. The monoisotopic (exact) mass is 415 g/mol. The third-order valence-electron chi connectivity index (χ3n) is 5.00. The molecule has 1 heterocycles. The number of carbonyl (C=O) groups is 2. The zero-order chi connectivity index (χ0) is 21.7. The molecule has 4 N–H and O–H groups in total. The molecule has 7 nitrogen and oxygen atoms in total. The van der Waals surface area contributed by atoms with Gasteiger partial charge < -0.3 is 25.2 Å². The molecule has 0 aromatic heterocycles. The van der Waals surface area contributed by atoms with E-state index in [-0.39, 0.29) is 30.0 Å². The summed E-state index contributed by atoms with van der Waals surface area (Å²) in [5.74, 6) is -1.71. The maximum atomic E-state index is 13.3. The highest BCUT2D eigenvalue weighted by atomic mass is 19.1. The van der Waals surface area contributed by atoms with E-state index in [0.29, 0.717) is 24.4 Å². The lowest BCUT2D eigenvalue weighted by Crippen LogP contribution is -2.86. The summed E-state index contributed by atoms with van der Waals surface area (Å²) in [6.07, 6.45) is 0. The van der Waals surface area contributed by atoms with Crippen molar-refractivity contribution in [2.45, 2.75) is 6.04 Å². The highest BCUT2D eigenvalue weighted by molar-refractivity contribution is 6.46. The van der Waals surface area contributed by atoms with Gasteiger partial charge in [-0.25, -0.2) is 4.39 Å². The fraction of sp³-hybridized carbons (Fsp3) is 0.273. The van der Waals surface area contributed by atoms with Crippen LogP contribution < -0.4 is 10.1 Å². The van der Waals surface area contributed by atoms with Crippen molar-refractivity contribution in [1.82, 2.24) is 4.90 Å².